The highest BCUT2D eigenvalue weighted by Crippen LogP contribution is 2.08. The fraction of sp³-hybridized carbons (Fsp3) is 0.917. The van der Waals surface area contributed by atoms with Crippen LogP contribution in [0, 0.1) is 0 Å². The van der Waals surface area contributed by atoms with Gasteiger partial charge in [0.15, 0.2) is 0 Å². The Hall–Kier alpha value is -0.260. The van der Waals surface area contributed by atoms with E-state index < -0.39 is 0 Å². The summed E-state index contributed by atoms with van der Waals surface area (Å²) in [5.74, 6) is 1.37. The molecule has 0 aromatic heterocycles. The molecule has 1 N–H and O–H groups in total. The van der Waals surface area contributed by atoms with E-state index in [1.807, 2.05) is 16.7 Å². The van der Waals surface area contributed by atoms with Gasteiger partial charge in [0.1, 0.15) is 0 Å². The SMILES string of the molecule is CCC(CSC)N(C)CC(=O)N1CCNCC1. The van der Waals surface area contributed by atoms with Crippen LogP contribution in [0.1, 0.15) is 13.3 Å². The van der Waals surface area contributed by atoms with Crippen LogP contribution < -0.4 is 5.32 Å². The minimum absolute atomic E-state index is 0.272. The first-order valence-corrected chi connectivity index (χ1v) is 7.76. The van der Waals surface area contributed by atoms with Crippen molar-refractivity contribution in [3.8, 4) is 0 Å². The van der Waals surface area contributed by atoms with Crippen molar-refractivity contribution < 1.29 is 4.79 Å². The second kappa shape index (κ2) is 7.95. The predicted octanol–water partition coefficient (Wildman–Crippen LogP) is 0.492. The Labute approximate surface area is 109 Å². The molecule has 1 rings (SSSR count). The Morgan fingerprint density at radius 1 is 1.47 bits per heavy atom. The molecule has 100 valence electrons. The average molecular weight is 259 g/mol. The number of carbonyl (C=O) groups excluding carboxylic acids is 1. The van der Waals surface area contributed by atoms with Gasteiger partial charge in [0.25, 0.3) is 0 Å². The van der Waals surface area contributed by atoms with Gasteiger partial charge in [-0.05, 0) is 19.7 Å². The van der Waals surface area contributed by atoms with Crippen LogP contribution in [0.3, 0.4) is 0 Å². The molecule has 1 unspecified atom stereocenters. The molecule has 0 aromatic carbocycles. The molecule has 17 heavy (non-hydrogen) atoms. The van der Waals surface area contributed by atoms with Crippen LogP contribution in [-0.2, 0) is 4.79 Å². The van der Waals surface area contributed by atoms with Gasteiger partial charge in [0.2, 0.25) is 5.91 Å². The molecule has 1 saturated heterocycles. The van der Waals surface area contributed by atoms with E-state index in [0.29, 0.717) is 12.6 Å². The lowest BCUT2D eigenvalue weighted by Gasteiger charge is -2.31. The smallest absolute Gasteiger partial charge is 0.236 e. The van der Waals surface area contributed by atoms with Gasteiger partial charge < -0.3 is 10.2 Å². The minimum atomic E-state index is 0.272. The van der Waals surface area contributed by atoms with E-state index in [2.05, 4.69) is 30.4 Å². The van der Waals surface area contributed by atoms with E-state index in [1.165, 1.54) is 0 Å². The molecule has 0 bridgehead atoms. The van der Waals surface area contributed by atoms with E-state index in [1.54, 1.807) is 0 Å². The lowest BCUT2D eigenvalue weighted by molar-refractivity contribution is -0.133. The Kier molecular flexibility index (Phi) is 6.92. The third kappa shape index (κ3) is 4.85. The maximum absolute atomic E-state index is 12.1. The number of carbonyl (C=O) groups is 1. The van der Waals surface area contributed by atoms with Crippen LogP contribution in [-0.4, -0.2) is 73.5 Å². The van der Waals surface area contributed by atoms with Crippen LogP contribution in [0.5, 0.6) is 0 Å². The highest BCUT2D eigenvalue weighted by molar-refractivity contribution is 7.98. The number of piperazine rings is 1. The number of rotatable bonds is 6. The van der Waals surface area contributed by atoms with E-state index in [4.69, 9.17) is 0 Å². The van der Waals surface area contributed by atoms with Gasteiger partial charge in [-0.25, -0.2) is 0 Å². The molecule has 1 heterocycles. The summed E-state index contributed by atoms with van der Waals surface area (Å²) in [5, 5.41) is 3.27. The molecule has 0 saturated carbocycles. The molecule has 1 atom stereocenters. The normalized spacial score (nSPS) is 18.5. The van der Waals surface area contributed by atoms with E-state index in [0.717, 1.165) is 38.4 Å². The Morgan fingerprint density at radius 3 is 2.65 bits per heavy atom. The molecular weight excluding hydrogens is 234 g/mol. The number of thioether (sulfide) groups is 1. The molecular formula is C12H25N3OS. The van der Waals surface area contributed by atoms with Crippen molar-refractivity contribution in [2.75, 3.05) is 51.8 Å². The average Bonchev–Trinajstić information content (AvgIpc) is 2.36. The molecule has 0 aromatic rings. The summed E-state index contributed by atoms with van der Waals surface area (Å²) >= 11 is 1.85. The fourth-order valence-electron chi connectivity index (χ4n) is 2.11. The van der Waals surface area contributed by atoms with Crippen molar-refractivity contribution in [3.05, 3.63) is 0 Å². The van der Waals surface area contributed by atoms with Gasteiger partial charge in [-0.1, -0.05) is 6.92 Å². The lowest BCUT2D eigenvalue weighted by atomic mass is 10.2. The van der Waals surface area contributed by atoms with Gasteiger partial charge in [-0.3, -0.25) is 9.69 Å². The topological polar surface area (TPSA) is 35.6 Å². The zero-order chi connectivity index (χ0) is 12.7. The molecule has 1 aliphatic rings. The maximum atomic E-state index is 12.1. The lowest BCUT2D eigenvalue weighted by Crippen LogP contribution is -2.50. The zero-order valence-electron chi connectivity index (χ0n) is 11.2. The van der Waals surface area contributed by atoms with Crippen LogP contribution >= 0.6 is 11.8 Å². The van der Waals surface area contributed by atoms with Crippen LogP contribution in [0.25, 0.3) is 0 Å². The predicted molar refractivity (Wildman–Crippen MR) is 74.5 cm³/mol. The van der Waals surface area contributed by atoms with Crippen molar-refractivity contribution >= 4 is 17.7 Å². The van der Waals surface area contributed by atoms with E-state index in [9.17, 15) is 4.79 Å². The van der Waals surface area contributed by atoms with Crippen molar-refractivity contribution in [1.29, 1.82) is 0 Å². The number of hydrogen-bond acceptors (Lipinski definition) is 4. The molecule has 0 spiro atoms. The third-order valence-corrected chi connectivity index (χ3v) is 4.03. The number of nitrogens with one attached hydrogen (secondary N) is 1. The molecule has 5 heteroatoms. The first-order chi connectivity index (χ1) is 8.19. The van der Waals surface area contributed by atoms with Gasteiger partial charge in [-0.2, -0.15) is 11.8 Å². The Balaban J connectivity index is 2.37. The molecule has 0 radical (unpaired) electrons. The number of nitrogens with zero attached hydrogens (tertiary/aromatic N) is 2. The zero-order valence-corrected chi connectivity index (χ0v) is 12.1. The largest absolute Gasteiger partial charge is 0.339 e. The highest BCUT2D eigenvalue weighted by Gasteiger charge is 2.20. The molecule has 0 aliphatic carbocycles. The fourth-order valence-corrected chi connectivity index (χ4v) is 2.98. The minimum Gasteiger partial charge on any atom is -0.339 e. The third-order valence-electron chi connectivity index (χ3n) is 3.31. The summed E-state index contributed by atoms with van der Waals surface area (Å²) in [6.07, 6.45) is 3.22. The highest BCUT2D eigenvalue weighted by atomic mass is 32.2. The van der Waals surface area contributed by atoms with Crippen LogP contribution in [0.2, 0.25) is 0 Å². The van der Waals surface area contributed by atoms with E-state index in [-0.39, 0.29) is 5.91 Å². The first kappa shape index (κ1) is 14.8. The van der Waals surface area contributed by atoms with Crippen molar-refractivity contribution in [2.45, 2.75) is 19.4 Å². The summed E-state index contributed by atoms with van der Waals surface area (Å²) in [6, 6.07) is 0.511. The number of hydrogen-bond donors (Lipinski definition) is 1. The second-order valence-electron chi connectivity index (χ2n) is 4.56. The van der Waals surface area contributed by atoms with Crippen LogP contribution in [0.4, 0.5) is 0 Å². The van der Waals surface area contributed by atoms with E-state index >= 15 is 0 Å². The Bertz CT molecular complexity index is 232. The summed E-state index contributed by atoms with van der Waals surface area (Å²) in [4.78, 5) is 16.2. The van der Waals surface area contributed by atoms with Crippen LogP contribution in [0.15, 0.2) is 0 Å². The summed E-state index contributed by atoms with van der Waals surface area (Å²) in [5.41, 5.74) is 0. The molecule has 1 amide bonds. The van der Waals surface area contributed by atoms with Crippen molar-refractivity contribution in [1.82, 2.24) is 15.1 Å². The van der Waals surface area contributed by atoms with Gasteiger partial charge in [-0.15, -0.1) is 0 Å². The maximum Gasteiger partial charge on any atom is 0.236 e. The number of likely N-dealkylation sites (N-methyl/N-ethyl adjacent to an activating group) is 1. The van der Waals surface area contributed by atoms with Crippen molar-refractivity contribution in [3.63, 3.8) is 0 Å². The van der Waals surface area contributed by atoms with Gasteiger partial charge in [0.05, 0.1) is 6.54 Å². The summed E-state index contributed by atoms with van der Waals surface area (Å²) in [7, 11) is 2.06. The Morgan fingerprint density at radius 2 is 2.12 bits per heavy atom. The van der Waals surface area contributed by atoms with Gasteiger partial charge >= 0.3 is 0 Å². The van der Waals surface area contributed by atoms with Gasteiger partial charge in [0, 0.05) is 38.0 Å². The number of amides is 1. The molecule has 1 aliphatic heterocycles. The summed E-state index contributed by atoms with van der Waals surface area (Å²) < 4.78 is 0. The molecule has 4 nitrogen and oxygen atoms in total. The summed E-state index contributed by atoms with van der Waals surface area (Å²) in [6.45, 7) is 6.30. The quantitative estimate of drug-likeness (QED) is 0.753. The van der Waals surface area contributed by atoms with Crippen molar-refractivity contribution in [2.24, 2.45) is 0 Å². The first-order valence-electron chi connectivity index (χ1n) is 6.36. The monoisotopic (exact) mass is 259 g/mol. The molecule has 1 fully saturated rings. The standard InChI is InChI=1S/C12H25N3OS/c1-4-11(10-17-3)14(2)9-12(16)15-7-5-13-6-8-15/h11,13H,4-10H2,1-3H3. The second-order valence-corrected chi connectivity index (χ2v) is 5.47.